The molecule has 1 fully saturated rings. The van der Waals surface area contributed by atoms with E-state index in [1.54, 1.807) is 0 Å². The first kappa shape index (κ1) is 12.9. The van der Waals surface area contributed by atoms with Crippen molar-refractivity contribution in [1.82, 2.24) is 14.3 Å². The van der Waals surface area contributed by atoms with Gasteiger partial charge in [0.15, 0.2) is 0 Å². The van der Waals surface area contributed by atoms with Crippen LogP contribution in [-0.2, 0) is 10.2 Å². The number of hydrogen-bond donors (Lipinski definition) is 2. The van der Waals surface area contributed by atoms with Crippen LogP contribution < -0.4 is 10.0 Å². The molecule has 0 unspecified atom stereocenters. The van der Waals surface area contributed by atoms with Crippen molar-refractivity contribution in [2.45, 2.75) is 32.7 Å². The minimum Gasteiger partial charge on any atom is -0.315 e. The van der Waals surface area contributed by atoms with Crippen molar-refractivity contribution in [3.05, 3.63) is 0 Å². The quantitative estimate of drug-likeness (QED) is 0.700. The third-order valence-electron chi connectivity index (χ3n) is 2.66. The van der Waals surface area contributed by atoms with Crippen molar-refractivity contribution in [3.8, 4) is 0 Å². The van der Waals surface area contributed by atoms with Gasteiger partial charge in [-0.25, -0.2) is 0 Å². The molecule has 0 bridgehead atoms. The first-order chi connectivity index (χ1) is 7.10. The number of hydrogen-bond acceptors (Lipinski definition) is 3. The third-order valence-corrected chi connectivity index (χ3v) is 4.49. The minimum absolute atomic E-state index is 0.0457. The Kier molecular flexibility index (Phi) is 4.98. The van der Waals surface area contributed by atoms with Crippen molar-refractivity contribution in [2.24, 2.45) is 0 Å². The van der Waals surface area contributed by atoms with Crippen LogP contribution in [0.15, 0.2) is 0 Å². The lowest BCUT2D eigenvalue weighted by atomic mass is 10.1. The van der Waals surface area contributed by atoms with Crippen molar-refractivity contribution >= 4 is 10.2 Å². The lowest BCUT2D eigenvalue weighted by molar-refractivity contribution is 0.393. The van der Waals surface area contributed by atoms with Crippen molar-refractivity contribution < 1.29 is 8.42 Å². The van der Waals surface area contributed by atoms with Crippen LogP contribution >= 0.6 is 0 Å². The van der Waals surface area contributed by atoms with E-state index in [1.807, 2.05) is 13.8 Å². The summed E-state index contributed by atoms with van der Waals surface area (Å²) < 4.78 is 27.9. The molecule has 1 aliphatic heterocycles. The molecular formula is C9H21N3O2S. The van der Waals surface area contributed by atoms with Crippen molar-refractivity contribution in [1.29, 1.82) is 0 Å². The second-order valence-corrected chi connectivity index (χ2v) is 5.45. The molecule has 15 heavy (non-hydrogen) atoms. The molecule has 1 aliphatic rings. The molecule has 6 heteroatoms. The normalized spacial score (nSPS) is 23.3. The van der Waals surface area contributed by atoms with Gasteiger partial charge in [-0.3, -0.25) is 0 Å². The highest BCUT2D eigenvalue weighted by molar-refractivity contribution is 7.87. The van der Waals surface area contributed by atoms with E-state index in [-0.39, 0.29) is 6.04 Å². The molecule has 0 aliphatic carbocycles. The SMILES string of the molecule is CCN(CC)S(=O)(=O)N[C@@H]1CCCNC1. The highest BCUT2D eigenvalue weighted by Crippen LogP contribution is 2.05. The summed E-state index contributed by atoms with van der Waals surface area (Å²) in [4.78, 5) is 0. The highest BCUT2D eigenvalue weighted by Gasteiger charge is 2.23. The average molecular weight is 235 g/mol. The zero-order valence-corrected chi connectivity index (χ0v) is 10.3. The Bertz CT molecular complexity index is 269. The molecule has 0 spiro atoms. The number of nitrogens with one attached hydrogen (secondary N) is 2. The summed E-state index contributed by atoms with van der Waals surface area (Å²) in [6.07, 6.45) is 1.96. The molecule has 1 heterocycles. The van der Waals surface area contributed by atoms with Crippen molar-refractivity contribution in [2.75, 3.05) is 26.2 Å². The average Bonchev–Trinajstić information content (AvgIpc) is 2.19. The van der Waals surface area contributed by atoms with E-state index in [9.17, 15) is 8.42 Å². The van der Waals surface area contributed by atoms with Gasteiger partial charge in [0.05, 0.1) is 0 Å². The minimum atomic E-state index is -3.28. The van der Waals surface area contributed by atoms with Crippen LogP contribution in [-0.4, -0.2) is 44.9 Å². The first-order valence-corrected chi connectivity index (χ1v) is 7.02. The predicted octanol–water partition coefficient (Wildman–Crippen LogP) is -0.0854. The number of piperidine rings is 1. The van der Waals surface area contributed by atoms with Crippen LogP contribution in [0.1, 0.15) is 26.7 Å². The molecule has 1 atom stereocenters. The van der Waals surface area contributed by atoms with Crippen molar-refractivity contribution in [3.63, 3.8) is 0 Å². The van der Waals surface area contributed by atoms with Gasteiger partial charge in [0, 0.05) is 25.7 Å². The third kappa shape index (κ3) is 3.71. The van der Waals surface area contributed by atoms with Crippen LogP contribution in [0.4, 0.5) is 0 Å². The Labute approximate surface area is 92.4 Å². The molecule has 1 rings (SSSR count). The molecule has 0 amide bonds. The number of rotatable bonds is 5. The Morgan fingerprint density at radius 2 is 2.07 bits per heavy atom. The maximum Gasteiger partial charge on any atom is 0.279 e. The molecule has 90 valence electrons. The molecule has 0 radical (unpaired) electrons. The monoisotopic (exact) mass is 235 g/mol. The standard InChI is InChI=1S/C9H21N3O2S/c1-3-12(4-2)15(13,14)11-9-6-5-7-10-8-9/h9-11H,3-8H2,1-2H3/t9-/m1/s1. The van der Waals surface area contributed by atoms with Gasteiger partial charge in [-0.1, -0.05) is 13.8 Å². The van der Waals surface area contributed by atoms with E-state index in [1.165, 1.54) is 4.31 Å². The highest BCUT2D eigenvalue weighted by atomic mass is 32.2. The summed E-state index contributed by atoms with van der Waals surface area (Å²) in [7, 11) is -3.28. The fourth-order valence-corrected chi connectivity index (χ4v) is 3.25. The Morgan fingerprint density at radius 1 is 1.40 bits per heavy atom. The fourth-order valence-electron chi connectivity index (χ4n) is 1.80. The lowest BCUT2D eigenvalue weighted by Gasteiger charge is -2.27. The van der Waals surface area contributed by atoms with E-state index >= 15 is 0 Å². The summed E-state index contributed by atoms with van der Waals surface area (Å²) in [6, 6.07) is 0.0457. The van der Waals surface area contributed by atoms with Crippen LogP contribution in [0.2, 0.25) is 0 Å². The van der Waals surface area contributed by atoms with Gasteiger partial charge in [-0.05, 0) is 19.4 Å². The zero-order valence-electron chi connectivity index (χ0n) is 9.49. The van der Waals surface area contributed by atoms with Crippen LogP contribution in [0.25, 0.3) is 0 Å². The Hall–Kier alpha value is -0.170. The van der Waals surface area contributed by atoms with E-state index in [2.05, 4.69) is 10.0 Å². The van der Waals surface area contributed by atoms with Gasteiger partial charge in [0.25, 0.3) is 10.2 Å². The van der Waals surface area contributed by atoms with Crippen LogP contribution in [0.5, 0.6) is 0 Å². The molecule has 0 saturated carbocycles. The Balaban J connectivity index is 2.54. The molecule has 0 aromatic heterocycles. The second kappa shape index (κ2) is 5.79. The zero-order chi connectivity index (χ0) is 11.3. The Morgan fingerprint density at radius 3 is 2.53 bits per heavy atom. The summed E-state index contributed by atoms with van der Waals surface area (Å²) in [5.74, 6) is 0. The second-order valence-electron chi connectivity index (χ2n) is 3.75. The van der Waals surface area contributed by atoms with Crippen LogP contribution in [0, 0.1) is 0 Å². The van der Waals surface area contributed by atoms with E-state index < -0.39 is 10.2 Å². The largest absolute Gasteiger partial charge is 0.315 e. The van der Waals surface area contributed by atoms with Crippen LogP contribution in [0.3, 0.4) is 0 Å². The van der Waals surface area contributed by atoms with Gasteiger partial charge in [-0.2, -0.15) is 17.4 Å². The molecule has 5 nitrogen and oxygen atoms in total. The smallest absolute Gasteiger partial charge is 0.279 e. The fraction of sp³-hybridized carbons (Fsp3) is 1.00. The van der Waals surface area contributed by atoms with E-state index in [0.29, 0.717) is 13.1 Å². The summed E-state index contributed by atoms with van der Waals surface area (Å²) in [5.41, 5.74) is 0. The maximum atomic E-state index is 11.8. The number of nitrogens with zero attached hydrogens (tertiary/aromatic N) is 1. The van der Waals surface area contributed by atoms with E-state index in [4.69, 9.17) is 0 Å². The predicted molar refractivity (Wildman–Crippen MR) is 60.9 cm³/mol. The van der Waals surface area contributed by atoms with Gasteiger partial charge in [-0.15, -0.1) is 0 Å². The summed E-state index contributed by atoms with van der Waals surface area (Å²) in [6.45, 7) is 6.46. The molecule has 2 N–H and O–H groups in total. The van der Waals surface area contributed by atoms with Gasteiger partial charge in [0.1, 0.15) is 0 Å². The summed E-state index contributed by atoms with van der Waals surface area (Å²) in [5, 5.41) is 3.19. The van der Waals surface area contributed by atoms with Gasteiger partial charge < -0.3 is 5.32 Å². The topological polar surface area (TPSA) is 61.4 Å². The maximum absolute atomic E-state index is 11.8. The lowest BCUT2D eigenvalue weighted by Crippen LogP contribution is -2.50. The van der Waals surface area contributed by atoms with Gasteiger partial charge >= 0.3 is 0 Å². The molecular weight excluding hydrogens is 214 g/mol. The first-order valence-electron chi connectivity index (χ1n) is 5.58. The molecule has 1 saturated heterocycles. The molecule has 0 aromatic rings. The summed E-state index contributed by atoms with van der Waals surface area (Å²) >= 11 is 0. The van der Waals surface area contributed by atoms with E-state index in [0.717, 1.165) is 25.9 Å². The molecule has 0 aromatic carbocycles. The van der Waals surface area contributed by atoms with Gasteiger partial charge in [0.2, 0.25) is 0 Å².